The monoisotopic (exact) mass is 325 g/mol. The largest absolute Gasteiger partial charge is 0.240 e. The van der Waals surface area contributed by atoms with E-state index in [-0.39, 0.29) is 12.5 Å². The Morgan fingerprint density at radius 1 is 1.05 bits per heavy atom. The van der Waals surface area contributed by atoms with E-state index in [9.17, 15) is 17.2 Å². The third-order valence-corrected chi connectivity index (χ3v) is 4.83. The van der Waals surface area contributed by atoms with E-state index in [4.69, 9.17) is 0 Å². The molecule has 0 unspecified atom stereocenters. The molecule has 0 bridgehead atoms. The number of hydrogen-bond acceptors (Lipinski definition) is 2. The lowest BCUT2D eigenvalue weighted by atomic mass is 9.97. The lowest BCUT2D eigenvalue weighted by Crippen LogP contribution is -2.28. The Morgan fingerprint density at radius 3 is 2.18 bits per heavy atom. The van der Waals surface area contributed by atoms with E-state index in [2.05, 4.69) is 4.72 Å². The van der Waals surface area contributed by atoms with Crippen molar-refractivity contribution >= 4 is 10.0 Å². The normalized spacial score (nSPS) is 13.0. The Labute approximate surface area is 129 Å². The Balaban J connectivity index is 2.15. The molecule has 1 atom stereocenters. The number of rotatable bonds is 6. The number of halogens is 2. The summed E-state index contributed by atoms with van der Waals surface area (Å²) in [6.45, 7) is 2.12. The van der Waals surface area contributed by atoms with Crippen molar-refractivity contribution < 1.29 is 17.2 Å². The molecule has 0 aromatic heterocycles. The molecule has 22 heavy (non-hydrogen) atoms. The topological polar surface area (TPSA) is 46.2 Å². The van der Waals surface area contributed by atoms with Gasteiger partial charge in [0.05, 0.1) is 4.90 Å². The Bertz CT molecular complexity index is 713. The number of nitrogens with one attached hydrogen (secondary N) is 1. The molecule has 1 N–H and O–H groups in total. The molecule has 0 saturated heterocycles. The van der Waals surface area contributed by atoms with Crippen molar-refractivity contribution in [1.29, 1.82) is 0 Å². The molecular formula is C16H17F2NO2S. The zero-order chi connectivity index (χ0) is 16.2. The molecular weight excluding hydrogens is 308 g/mol. The molecule has 0 saturated carbocycles. The maximum atomic E-state index is 13.2. The highest BCUT2D eigenvalue weighted by Crippen LogP contribution is 2.20. The van der Waals surface area contributed by atoms with Gasteiger partial charge in [0.15, 0.2) is 0 Å². The maximum Gasteiger partial charge on any atom is 0.240 e. The van der Waals surface area contributed by atoms with Crippen LogP contribution < -0.4 is 4.72 Å². The van der Waals surface area contributed by atoms with Gasteiger partial charge in [0.1, 0.15) is 11.6 Å². The number of hydrogen-bond donors (Lipinski definition) is 1. The van der Waals surface area contributed by atoms with Gasteiger partial charge in [0, 0.05) is 12.6 Å². The van der Waals surface area contributed by atoms with Gasteiger partial charge in [0.25, 0.3) is 0 Å². The van der Waals surface area contributed by atoms with Gasteiger partial charge in [-0.15, -0.1) is 0 Å². The first-order chi connectivity index (χ1) is 10.4. The first-order valence-corrected chi connectivity index (χ1v) is 8.41. The summed E-state index contributed by atoms with van der Waals surface area (Å²) in [6, 6.07) is 11.7. The molecule has 0 spiro atoms. The van der Waals surface area contributed by atoms with Crippen LogP contribution in [0.2, 0.25) is 0 Å². The maximum absolute atomic E-state index is 13.2. The Kier molecular flexibility index (Phi) is 5.26. The van der Waals surface area contributed by atoms with E-state index >= 15 is 0 Å². The fourth-order valence-corrected chi connectivity index (χ4v) is 3.32. The second-order valence-electron chi connectivity index (χ2n) is 4.97. The minimum absolute atomic E-state index is 0.00520. The van der Waals surface area contributed by atoms with Crippen molar-refractivity contribution in [2.75, 3.05) is 6.54 Å². The smallest absolute Gasteiger partial charge is 0.211 e. The summed E-state index contributed by atoms with van der Waals surface area (Å²) < 4.78 is 53.0. The molecule has 2 aromatic carbocycles. The molecule has 2 aromatic rings. The molecule has 6 heteroatoms. The van der Waals surface area contributed by atoms with E-state index in [1.807, 2.05) is 37.3 Å². The number of benzene rings is 2. The highest BCUT2D eigenvalue weighted by atomic mass is 32.2. The van der Waals surface area contributed by atoms with Gasteiger partial charge in [-0.25, -0.2) is 21.9 Å². The molecule has 0 heterocycles. The van der Waals surface area contributed by atoms with E-state index in [0.717, 1.165) is 24.1 Å². The predicted octanol–water partition coefficient (Wildman–Crippen LogP) is 3.44. The van der Waals surface area contributed by atoms with Crippen LogP contribution >= 0.6 is 0 Å². The second-order valence-corrected chi connectivity index (χ2v) is 6.74. The van der Waals surface area contributed by atoms with Crippen molar-refractivity contribution in [2.24, 2.45) is 0 Å². The van der Waals surface area contributed by atoms with Gasteiger partial charge in [-0.3, -0.25) is 0 Å². The minimum atomic E-state index is -3.95. The Morgan fingerprint density at radius 2 is 1.64 bits per heavy atom. The molecule has 3 nitrogen and oxygen atoms in total. The summed E-state index contributed by atoms with van der Waals surface area (Å²) >= 11 is 0. The van der Waals surface area contributed by atoms with Crippen LogP contribution in [-0.4, -0.2) is 15.0 Å². The van der Waals surface area contributed by atoms with Crippen LogP contribution in [0.15, 0.2) is 53.4 Å². The first-order valence-electron chi connectivity index (χ1n) is 6.93. The Hall–Kier alpha value is -1.79. The van der Waals surface area contributed by atoms with E-state index in [1.54, 1.807) is 0 Å². The molecule has 0 aliphatic carbocycles. The summed E-state index contributed by atoms with van der Waals surface area (Å²) in [6.07, 6.45) is 0.740. The van der Waals surface area contributed by atoms with Gasteiger partial charge in [0.2, 0.25) is 10.0 Å². The van der Waals surface area contributed by atoms with Crippen molar-refractivity contribution in [3.63, 3.8) is 0 Å². The molecule has 0 radical (unpaired) electrons. The fourth-order valence-electron chi connectivity index (χ4n) is 2.20. The van der Waals surface area contributed by atoms with Gasteiger partial charge in [-0.05, 0) is 30.0 Å². The van der Waals surface area contributed by atoms with Gasteiger partial charge >= 0.3 is 0 Å². The van der Waals surface area contributed by atoms with Gasteiger partial charge < -0.3 is 0 Å². The fraction of sp³-hybridized carbons (Fsp3) is 0.250. The molecule has 0 aliphatic heterocycles. The standard InChI is InChI=1S/C16H17F2NO2S/c1-2-12(13-6-4-3-5-7-13)11-19-22(20,21)16-9-14(17)8-15(18)10-16/h3-10,12,19H,2,11H2,1H3/t12-/m0/s1. The molecule has 2 rings (SSSR count). The van der Waals surface area contributed by atoms with E-state index in [0.29, 0.717) is 6.07 Å². The number of sulfonamides is 1. The second kappa shape index (κ2) is 6.98. The van der Waals surface area contributed by atoms with Crippen molar-refractivity contribution in [1.82, 2.24) is 4.72 Å². The van der Waals surface area contributed by atoms with E-state index < -0.39 is 26.6 Å². The van der Waals surface area contributed by atoms with E-state index in [1.165, 1.54) is 0 Å². The molecule has 0 fully saturated rings. The minimum Gasteiger partial charge on any atom is -0.211 e. The zero-order valence-electron chi connectivity index (χ0n) is 12.1. The zero-order valence-corrected chi connectivity index (χ0v) is 12.9. The van der Waals surface area contributed by atoms with Crippen LogP contribution in [0, 0.1) is 11.6 Å². The first kappa shape index (κ1) is 16.6. The highest BCUT2D eigenvalue weighted by molar-refractivity contribution is 7.89. The predicted molar refractivity (Wildman–Crippen MR) is 81.0 cm³/mol. The van der Waals surface area contributed by atoms with Crippen LogP contribution in [0.1, 0.15) is 24.8 Å². The van der Waals surface area contributed by atoms with Crippen LogP contribution in [0.3, 0.4) is 0 Å². The van der Waals surface area contributed by atoms with Gasteiger partial charge in [-0.2, -0.15) is 0 Å². The van der Waals surface area contributed by atoms with Crippen LogP contribution in [0.25, 0.3) is 0 Å². The summed E-state index contributed by atoms with van der Waals surface area (Å²) in [7, 11) is -3.95. The lowest BCUT2D eigenvalue weighted by molar-refractivity contribution is 0.554. The van der Waals surface area contributed by atoms with Crippen molar-refractivity contribution in [3.8, 4) is 0 Å². The summed E-state index contributed by atoms with van der Waals surface area (Å²) in [5.41, 5.74) is 1.01. The summed E-state index contributed by atoms with van der Waals surface area (Å²) in [5, 5.41) is 0. The van der Waals surface area contributed by atoms with Crippen molar-refractivity contribution in [2.45, 2.75) is 24.2 Å². The summed E-state index contributed by atoms with van der Waals surface area (Å²) in [5.74, 6) is -1.85. The quantitative estimate of drug-likeness (QED) is 0.884. The average Bonchev–Trinajstić information content (AvgIpc) is 2.48. The van der Waals surface area contributed by atoms with Gasteiger partial charge in [-0.1, -0.05) is 37.3 Å². The van der Waals surface area contributed by atoms with Crippen molar-refractivity contribution in [3.05, 3.63) is 65.7 Å². The third-order valence-electron chi connectivity index (χ3n) is 3.43. The highest BCUT2D eigenvalue weighted by Gasteiger charge is 2.18. The van der Waals surface area contributed by atoms with Crippen LogP contribution in [-0.2, 0) is 10.0 Å². The average molecular weight is 325 g/mol. The SMILES string of the molecule is CC[C@@H](CNS(=O)(=O)c1cc(F)cc(F)c1)c1ccccc1. The molecule has 0 aliphatic rings. The third kappa shape index (κ3) is 4.11. The summed E-state index contributed by atoms with van der Waals surface area (Å²) in [4.78, 5) is -0.409. The van der Waals surface area contributed by atoms with Crippen LogP contribution in [0.4, 0.5) is 8.78 Å². The lowest BCUT2D eigenvalue weighted by Gasteiger charge is -2.16. The van der Waals surface area contributed by atoms with Crippen LogP contribution in [0.5, 0.6) is 0 Å². The molecule has 118 valence electrons. The molecule has 0 amide bonds.